The van der Waals surface area contributed by atoms with Crippen LogP contribution in [0, 0.1) is 11.3 Å². The minimum absolute atomic E-state index is 0.446. The van der Waals surface area contributed by atoms with Crippen molar-refractivity contribution in [3.63, 3.8) is 0 Å². The Labute approximate surface area is 145 Å². The fraction of sp³-hybridized carbons (Fsp3) is 0.0625. The molecule has 0 unspecified atom stereocenters. The molecule has 2 nitrogen and oxygen atoms in total. The van der Waals surface area contributed by atoms with Gasteiger partial charge >= 0.3 is 0 Å². The van der Waals surface area contributed by atoms with E-state index >= 15 is 0 Å². The van der Waals surface area contributed by atoms with E-state index in [9.17, 15) is 0 Å². The van der Waals surface area contributed by atoms with Crippen LogP contribution in [0.25, 0.3) is 6.08 Å². The van der Waals surface area contributed by atoms with E-state index in [1.807, 2.05) is 42.5 Å². The number of allylic oxidation sites excluding steroid dienone is 1. The van der Waals surface area contributed by atoms with Crippen LogP contribution in [0.4, 0.5) is 0 Å². The molecule has 5 heteroatoms. The lowest BCUT2D eigenvalue weighted by Crippen LogP contribution is -1.97. The molecule has 106 valence electrons. The van der Waals surface area contributed by atoms with E-state index < -0.39 is 0 Å². The summed E-state index contributed by atoms with van der Waals surface area (Å²) in [5.74, 6) is 0.721. The quantitative estimate of drug-likeness (QED) is 0.562. The van der Waals surface area contributed by atoms with Crippen LogP contribution in [0.1, 0.15) is 11.1 Å². The van der Waals surface area contributed by atoms with Crippen LogP contribution in [0.15, 0.2) is 51.4 Å². The molecule has 0 bridgehead atoms. The highest BCUT2D eigenvalue weighted by Crippen LogP contribution is 2.35. The van der Waals surface area contributed by atoms with Gasteiger partial charge in [0.1, 0.15) is 12.4 Å². The van der Waals surface area contributed by atoms with Gasteiger partial charge in [0.25, 0.3) is 0 Å². The summed E-state index contributed by atoms with van der Waals surface area (Å²) >= 11 is 12.8. The van der Waals surface area contributed by atoms with E-state index in [-0.39, 0.29) is 0 Å². The minimum Gasteiger partial charge on any atom is -0.487 e. The van der Waals surface area contributed by atoms with Crippen molar-refractivity contribution in [2.45, 2.75) is 6.61 Å². The maximum Gasteiger partial charge on any atom is 0.148 e. The van der Waals surface area contributed by atoms with Crippen LogP contribution < -0.4 is 4.74 Å². The van der Waals surface area contributed by atoms with Crippen molar-refractivity contribution in [1.29, 1.82) is 5.26 Å². The molecule has 0 amide bonds. The topological polar surface area (TPSA) is 33.0 Å². The van der Waals surface area contributed by atoms with Gasteiger partial charge < -0.3 is 4.74 Å². The number of ether oxygens (including phenoxy) is 1. The molecule has 2 aromatic rings. The fourth-order valence-electron chi connectivity index (χ4n) is 1.68. The number of nitriles is 1. The van der Waals surface area contributed by atoms with Crippen molar-refractivity contribution < 1.29 is 4.74 Å². The van der Waals surface area contributed by atoms with Gasteiger partial charge in [-0.2, -0.15) is 5.26 Å². The summed E-state index contributed by atoms with van der Waals surface area (Å²) in [4.78, 5) is 0. The molecule has 0 saturated carbocycles. The minimum atomic E-state index is 0.446. The third-order valence-corrected chi connectivity index (χ3v) is 4.10. The summed E-state index contributed by atoms with van der Waals surface area (Å²) in [5, 5.41) is 9.26. The summed E-state index contributed by atoms with van der Waals surface area (Å²) in [6, 6.07) is 13.3. The van der Waals surface area contributed by atoms with Crippen molar-refractivity contribution in [2.75, 3.05) is 0 Å². The van der Waals surface area contributed by atoms with Crippen molar-refractivity contribution in [3.8, 4) is 11.8 Å². The molecule has 0 fully saturated rings. The van der Waals surface area contributed by atoms with Gasteiger partial charge in [-0.25, -0.2) is 0 Å². The van der Waals surface area contributed by atoms with Crippen LogP contribution in [-0.4, -0.2) is 0 Å². The summed E-state index contributed by atoms with van der Waals surface area (Å²) in [6.45, 7) is 0.446. The second-order valence-electron chi connectivity index (χ2n) is 4.19. The molecule has 2 rings (SSSR count). The molecular weight excluding hydrogens is 417 g/mol. The van der Waals surface area contributed by atoms with Crippen molar-refractivity contribution >= 4 is 49.5 Å². The number of nitrogens with zero attached hydrogens (tertiary/aromatic N) is 1. The molecular formula is C16H10Br2ClNO. The Morgan fingerprint density at radius 3 is 2.33 bits per heavy atom. The van der Waals surface area contributed by atoms with Gasteiger partial charge in [-0.15, -0.1) is 0 Å². The number of rotatable bonds is 4. The summed E-state index contributed by atoms with van der Waals surface area (Å²) in [7, 11) is 0. The molecule has 2 aromatic carbocycles. The number of halogens is 3. The fourth-order valence-corrected chi connectivity index (χ4v) is 3.26. The monoisotopic (exact) mass is 425 g/mol. The van der Waals surface area contributed by atoms with Gasteiger partial charge in [0.15, 0.2) is 0 Å². The van der Waals surface area contributed by atoms with Crippen LogP contribution in [0.3, 0.4) is 0 Å². The second-order valence-corrected chi connectivity index (χ2v) is 6.34. The third kappa shape index (κ3) is 4.60. The predicted molar refractivity (Wildman–Crippen MR) is 92.3 cm³/mol. The number of benzene rings is 2. The first-order valence-corrected chi connectivity index (χ1v) is 7.99. The lowest BCUT2D eigenvalue weighted by atomic mass is 10.2. The molecule has 0 saturated heterocycles. The summed E-state index contributed by atoms with van der Waals surface area (Å²) < 4.78 is 7.47. The van der Waals surface area contributed by atoms with Crippen LogP contribution in [0.2, 0.25) is 5.02 Å². The zero-order valence-electron chi connectivity index (χ0n) is 10.8. The largest absolute Gasteiger partial charge is 0.487 e. The van der Waals surface area contributed by atoms with E-state index in [4.69, 9.17) is 21.6 Å². The standard InChI is InChI=1S/C16H10Br2ClNO/c17-14-8-12(2-1-7-20)9-15(18)16(14)21-10-11-3-5-13(19)6-4-11/h1-6,8-9H,10H2/b2-1+. The smallest absolute Gasteiger partial charge is 0.148 e. The van der Waals surface area contributed by atoms with Crippen molar-refractivity contribution in [2.24, 2.45) is 0 Å². The highest BCUT2D eigenvalue weighted by atomic mass is 79.9. The van der Waals surface area contributed by atoms with Gasteiger partial charge in [-0.3, -0.25) is 0 Å². The predicted octanol–water partition coefficient (Wildman–Crippen LogP) is 5.98. The number of hydrogen-bond acceptors (Lipinski definition) is 2. The lowest BCUT2D eigenvalue weighted by molar-refractivity contribution is 0.302. The second kappa shape index (κ2) is 7.65. The maximum absolute atomic E-state index is 8.56. The average molecular weight is 428 g/mol. The molecule has 0 aliphatic heterocycles. The Balaban J connectivity index is 2.15. The first-order valence-electron chi connectivity index (χ1n) is 6.02. The van der Waals surface area contributed by atoms with E-state index in [2.05, 4.69) is 31.9 Å². The normalized spacial score (nSPS) is 10.6. The molecule has 0 radical (unpaired) electrons. The van der Waals surface area contributed by atoms with Crippen molar-refractivity contribution in [3.05, 3.63) is 67.6 Å². The zero-order chi connectivity index (χ0) is 15.2. The first kappa shape index (κ1) is 16.1. The van der Waals surface area contributed by atoms with Crippen LogP contribution in [-0.2, 0) is 6.61 Å². The van der Waals surface area contributed by atoms with E-state index in [1.54, 1.807) is 6.08 Å². The zero-order valence-corrected chi connectivity index (χ0v) is 14.7. The average Bonchev–Trinajstić information content (AvgIpc) is 2.46. The molecule has 0 aromatic heterocycles. The summed E-state index contributed by atoms with van der Waals surface area (Å²) in [6.07, 6.45) is 3.17. The third-order valence-electron chi connectivity index (χ3n) is 2.67. The Morgan fingerprint density at radius 1 is 1.14 bits per heavy atom. The van der Waals surface area contributed by atoms with Gasteiger partial charge in [0.05, 0.1) is 15.0 Å². The van der Waals surface area contributed by atoms with Crippen LogP contribution in [0.5, 0.6) is 5.75 Å². The van der Waals surface area contributed by atoms with Gasteiger partial charge in [0.2, 0.25) is 0 Å². The Morgan fingerprint density at radius 2 is 1.76 bits per heavy atom. The molecule has 0 aliphatic carbocycles. The first-order chi connectivity index (χ1) is 10.1. The molecule has 0 atom stereocenters. The molecule has 0 spiro atoms. The Kier molecular flexibility index (Phi) is 5.86. The Hall–Kier alpha value is -1.28. The van der Waals surface area contributed by atoms with Crippen molar-refractivity contribution in [1.82, 2.24) is 0 Å². The summed E-state index contributed by atoms with van der Waals surface area (Å²) in [5.41, 5.74) is 1.95. The lowest BCUT2D eigenvalue weighted by Gasteiger charge is -2.11. The molecule has 0 N–H and O–H groups in total. The van der Waals surface area contributed by atoms with E-state index in [0.29, 0.717) is 11.6 Å². The SMILES string of the molecule is N#C/C=C/c1cc(Br)c(OCc2ccc(Cl)cc2)c(Br)c1. The van der Waals surface area contributed by atoms with Gasteiger partial charge in [0, 0.05) is 11.1 Å². The molecule has 0 heterocycles. The highest BCUT2D eigenvalue weighted by Gasteiger charge is 2.08. The maximum atomic E-state index is 8.56. The Bertz CT molecular complexity index is 682. The highest BCUT2D eigenvalue weighted by molar-refractivity contribution is 9.11. The van der Waals surface area contributed by atoms with Gasteiger partial charge in [-0.05, 0) is 73.3 Å². The van der Waals surface area contributed by atoms with Gasteiger partial charge in [-0.1, -0.05) is 23.7 Å². The number of hydrogen-bond donors (Lipinski definition) is 0. The van der Waals surface area contributed by atoms with Crippen LogP contribution >= 0.6 is 43.5 Å². The van der Waals surface area contributed by atoms with E-state index in [1.165, 1.54) is 6.08 Å². The molecule has 21 heavy (non-hydrogen) atoms. The van der Waals surface area contributed by atoms with E-state index in [0.717, 1.165) is 25.8 Å². The molecule has 0 aliphatic rings.